The molecule has 112 valence electrons. The van der Waals surface area contributed by atoms with Crippen LogP contribution in [0.25, 0.3) is 0 Å². The standard InChI is InChI=1S/C14H16N2O4S/c1-20-14(17)12-6-4-8-16(10-12)21(18,19)13-7-3-2-5-11(13)9-15/h2-3,5,7,12H,4,6,8,10H2,1H3. The number of methoxy groups -OCH3 is 1. The van der Waals surface area contributed by atoms with Crippen LogP contribution in [0.4, 0.5) is 0 Å². The SMILES string of the molecule is COC(=O)C1CCCN(S(=O)(=O)c2ccccc2C#N)C1. The van der Waals surface area contributed by atoms with Crippen LogP contribution >= 0.6 is 0 Å². The van der Waals surface area contributed by atoms with Crippen LogP contribution in [0.2, 0.25) is 0 Å². The van der Waals surface area contributed by atoms with Crippen molar-refractivity contribution >= 4 is 16.0 Å². The first kappa shape index (κ1) is 15.5. The molecule has 6 nitrogen and oxygen atoms in total. The summed E-state index contributed by atoms with van der Waals surface area (Å²) >= 11 is 0. The van der Waals surface area contributed by atoms with Gasteiger partial charge in [-0.05, 0) is 25.0 Å². The average molecular weight is 308 g/mol. The molecule has 1 aromatic carbocycles. The largest absolute Gasteiger partial charge is 0.469 e. The molecule has 1 fully saturated rings. The van der Waals surface area contributed by atoms with Crippen molar-refractivity contribution in [1.82, 2.24) is 4.31 Å². The van der Waals surface area contributed by atoms with Crippen molar-refractivity contribution in [1.29, 1.82) is 5.26 Å². The Kier molecular flexibility index (Phi) is 4.60. The lowest BCUT2D eigenvalue weighted by Crippen LogP contribution is -2.42. The van der Waals surface area contributed by atoms with Crippen molar-refractivity contribution in [2.45, 2.75) is 17.7 Å². The number of nitrogens with zero attached hydrogens (tertiary/aromatic N) is 2. The topological polar surface area (TPSA) is 87.5 Å². The van der Waals surface area contributed by atoms with E-state index in [0.717, 1.165) is 0 Å². The number of carbonyl (C=O) groups is 1. The maximum Gasteiger partial charge on any atom is 0.309 e. The highest BCUT2D eigenvalue weighted by Gasteiger charge is 2.34. The summed E-state index contributed by atoms with van der Waals surface area (Å²) in [5, 5.41) is 9.05. The number of hydrogen-bond acceptors (Lipinski definition) is 5. The Morgan fingerprint density at radius 1 is 1.43 bits per heavy atom. The summed E-state index contributed by atoms with van der Waals surface area (Å²) in [4.78, 5) is 11.6. The summed E-state index contributed by atoms with van der Waals surface area (Å²) in [5.74, 6) is -0.851. The van der Waals surface area contributed by atoms with E-state index in [2.05, 4.69) is 4.74 Å². The Bertz CT molecular complexity index is 678. The number of piperidine rings is 1. The molecule has 0 aliphatic carbocycles. The zero-order valence-corrected chi connectivity index (χ0v) is 12.5. The Hall–Kier alpha value is -1.91. The van der Waals surface area contributed by atoms with E-state index in [1.165, 1.54) is 23.5 Å². The van der Waals surface area contributed by atoms with E-state index in [0.29, 0.717) is 19.4 Å². The molecule has 1 heterocycles. The maximum atomic E-state index is 12.6. The smallest absolute Gasteiger partial charge is 0.309 e. The zero-order valence-electron chi connectivity index (χ0n) is 11.7. The van der Waals surface area contributed by atoms with Gasteiger partial charge in [-0.15, -0.1) is 0 Å². The fraction of sp³-hybridized carbons (Fsp3) is 0.429. The quantitative estimate of drug-likeness (QED) is 0.781. The normalized spacial score (nSPS) is 19.7. The summed E-state index contributed by atoms with van der Waals surface area (Å²) < 4.78 is 31.2. The van der Waals surface area contributed by atoms with E-state index in [9.17, 15) is 13.2 Å². The highest BCUT2D eigenvalue weighted by atomic mass is 32.2. The van der Waals surface area contributed by atoms with Crippen molar-refractivity contribution in [3.8, 4) is 6.07 Å². The van der Waals surface area contributed by atoms with Crippen molar-refractivity contribution in [3.05, 3.63) is 29.8 Å². The first-order chi connectivity index (χ1) is 10.0. The van der Waals surface area contributed by atoms with Gasteiger partial charge in [0.2, 0.25) is 10.0 Å². The molecule has 0 N–H and O–H groups in total. The van der Waals surface area contributed by atoms with Crippen LogP contribution in [-0.2, 0) is 19.6 Å². The molecule has 1 aromatic rings. The lowest BCUT2D eigenvalue weighted by molar-refractivity contribution is -0.146. The van der Waals surface area contributed by atoms with E-state index < -0.39 is 21.9 Å². The van der Waals surface area contributed by atoms with E-state index >= 15 is 0 Å². The minimum atomic E-state index is -3.78. The van der Waals surface area contributed by atoms with Gasteiger partial charge in [-0.3, -0.25) is 4.79 Å². The van der Waals surface area contributed by atoms with Gasteiger partial charge in [0, 0.05) is 13.1 Å². The second kappa shape index (κ2) is 6.24. The van der Waals surface area contributed by atoms with Crippen LogP contribution in [0.15, 0.2) is 29.2 Å². The van der Waals surface area contributed by atoms with Crippen molar-refractivity contribution in [3.63, 3.8) is 0 Å². The van der Waals surface area contributed by atoms with Gasteiger partial charge in [0.25, 0.3) is 0 Å². The highest BCUT2D eigenvalue weighted by Crippen LogP contribution is 2.26. The van der Waals surface area contributed by atoms with Crippen LogP contribution in [-0.4, -0.2) is 38.9 Å². The number of benzene rings is 1. The third-order valence-corrected chi connectivity index (χ3v) is 5.47. The third-order valence-electron chi connectivity index (χ3n) is 3.54. The number of esters is 1. The molecule has 0 radical (unpaired) electrons. The molecule has 0 aromatic heterocycles. The van der Waals surface area contributed by atoms with Crippen LogP contribution < -0.4 is 0 Å². The Morgan fingerprint density at radius 2 is 2.14 bits per heavy atom. The lowest BCUT2D eigenvalue weighted by atomic mass is 10.0. The van der Waals surface area contributed by atoms with Gasteiger partial charge >= 0.3 is 5.97 Å². The number of ether oxygens (including phenoxy) is 1. The minimum absolute atomic E-state index is 0.0157. The Morgan fingerprint density at radius 3 is 2.81 bits per heavy atom. The summed E-state index contributed by atoms with van der Waals surface area (Å²) in [6.07, 6.45) is 1.20. The van der Waals surface area contributed by atoms with E-state index in [1.807, 2.05) is 6.07 Å². The van der Waals surface area contributed by atoms with E-state index in [1.54, 1.807) is 12.1 Å². The van der Waals surface area contributed by atoms with Gasteiger partial charge in [0.1, 0.15) is 6.07 Å². The monoisotopic (exact) mass is 308 g/mol. The molecular formula is C14H16N2O4S. The van der Waals surface area contributed by atoms with Crippen molar-refractivity contribution in [2.75, 3.05) is 20.2 Å². The van der Waals surface area contributed by atoms with Gasteiger partial charge < -0.3 is 4.74 Å². The number of rotatable bonds is 3. The first-order valence-electron chi connectivity index (χ1n) is 6.58. The molecule has 1 aliphatic heterocycles. The number of carbonyl (C=O) groups excluding carboxylic acids is 1. The van der Waals surface area contributed by atoms with Gasteiger partial charge in [0.05, 0.1) is 23.5 Å². The molecule has 2 rings (SSSR count). The fourth-order valence-corrected chi connectivity index (χ4v) is 4.11. The molecule has 1 saturated heterocycles. The van der Waals surface area contributed by atoms with Gasteiger partial charge in [-0.25, -0.2) is 8.42 Å². The van der Waals surface area contributed by atoms with Crippen LogP contribution in [0.5, 0.6) is 0 Å². The summed E-state index contributed by atoms with van der Waals surface area (Å²) in [6, 6.07) is 7.96. The second-order valence-corrected chi connectivity index (χ2v) is 6.74. The van der Waals surface area contributed by atoms with Crippen LogP contribution in [0.3, 0.4) is 0 Å². The third kappa shape index (κ3) is 3.06. The van der Waals surface area contributed by atoms with Gasteiger partial charge in [-0.2, -0.15) is 9.57 Å². The second-order valence-electron chi connectivity index (χ2n) is 4.83. The van der Waals surface area contributed by atoms with Crippen LogP contribution in [0.1, 0.15) is 18.4 Å². The van der Waals surface area contributed by atoms with E-state index in [-0.39, 0.29) is 17.0 Å². The molecule has 1 unspecified atom stereocenters. The molecule has 0 amide bonds. The summed E-state index contributed by atoms with van der Waals surface area (Å²) in [5.41, 5.74) is 0.109. The predicted molar refractivity (Wildman–Crippen MR) is 74.7 cm³/mol. The maximum absolute atomic E-state index is 12.6. The lowest BCUT2D eigenvalue weighted by Gasteiger charge is -2.30. The Balaban J connectivity index is 2.31. The molecule has 0 spiro atoms. The zero-order chi connectivity index (χ0) is 15.5. The molecule has 0 bridgehead atoms. The Labute approximate surface area is 124 Å². The van der Waals surface area contributed by atoms with Gasteiger partial charge in [-0.1, -0.05) is 12.1 Å². The molecule has 0 saturated carbocycles. The molecule has 1 atom stereocenters. The van der Waals surface area contributed by atoms with E-state index in [4.69, 9.17) is 5.26 Å². The average Bonchev–Trinajstić information content (AvgIpc) is 2.54. The van der Waals surface area contributed by atoms with Crippen molar-refractivity contribution < 1.29 is 17.9 Å². The summed E-state index contributed by atoms with van der Waals surface area (Å²) in [7, 11) is -2.48. The molecule has 1 aliphatic rings. The predicted octanol–water partition coefficient (Wildman–Crippen LogP) is 1.13. The fourth-order valence-electron chi connectivity index (χ4n) is 2.44. The van der Waals surface area contributed by atoms with Crippen molar-refractivity contribution in [2.24, 2.45) is 5.92 Å². The molecular weight excluding hydrogens is 292 g/mol. The first-order valence-corrected chi connectivity index (χ1v) is 8.02. The number of nitriles is 1. The van der Waals surface area contributed by atoms with Gasteiger partial charge in [0.15, 0.2) is 0 Å². The van der Waals surface area contributed by atoms with Crippen LogP contribution in [0, 0.1) is 17.2 Å². The number of sulfonamides is 1. The molecule has 7 heteroatoms. The molecule has 21 heavy (non-hydrogen) atoms. The summed E-state index contributed by atoms with van der Waals surface area (Å²) in [6.45, 7) is 0.435. The number of hydrogen-bond donors (Lipinski definition) is 0. The highest BCUT2D eigenvalue weighted by molar-refractivity contribution is 7.89. The minimum Gasteiger partial charge on any atom is -0.469 e.